The van der Waals surface area contributed by atoms with Crippen LogP contribution >= 0.6 is 11.3 Å². The van der Waals surface area contributed by atoms with Crippen molar-refractivity contribution in [1.82, 2.24) is 0 Å². The third-order valence-electron chi connectivity index (χ3n) is 5.07. The number of carbonyl (C=O) groups is 2. The van der Waals surface area contributed by atoms with Crippen molar-refractivity contribution in [2.75, 3.05) is 22.9 Å². The Bertz CT molecular complexity index is 1320. The minimum absolute atomic E-state index is 0.347. The number of hydrogen-bond donors (Lipinski definition) is 2. The van der Waals surface area contributed by atoms with Gasteiger partial charge in [0.25, 0.3) is 5.91 Å². The number of ether oxygens (including phenoxy) is 1. The van der Waals surface area contributed by atoms with Gasteiger partial charge in [-0.3, -0.25) is 10.1 Å². The summed E-state index contributed by atoms with van der Waals surface area (Å²) in [7, 11) is -2.37. The van der Waals surface area contributed by atoms with E-state index < -0.39 is 21.4 Å². The molecule has 0 radical (unpaired) electrons. The van der Waals surface area contributed by atoms with Gasteiger partial charge in [0.2, 0.25) is 0 Å². The molecular formula is C25H27N3O4S2. The Kier molecular flexibility index (Phi) is 6.77. The van der Waals surface area contributed by atoms with Crippen molar-refractivity contribution in [2.45, 2.75) is 37.7 Å². The molecular weight excluding hydrogens is 470 g/mol. The molecule has 0 aliphatic carbocycles. The number of anilines is 2. The van der Waals surface area contributed by atoms with E-state index >= 15 is 0 Å². The van der Waals surface area contributed by atoms with Crippen molar-refractivity contribution in [2.24, 2.45) is 4.36 Å². The van der Waals surface area contributed by atoms with Gasteiger partial charge in [-0.15, -0.1) is 11.3 Å². The molecule has 1 aromatic heterocycles. The normalized spacial score (nSPS) is 17.6. The van der Waals surface area contributed by atoms with Crippen molar-refractivity contribution in [3.05, 3.63) is 65.5 Å². The first-order valence-electron chi connectivity index (χ1n) is 10.9. The predicted octanol–water partition coefficient (Wildman–Crippen LogP) is 6.25. The van der Waals surface area contributed by atoms with Crippen LogP contribution in [0.1, 0.15) is 37.6 Å². The van der Waals surface area contributed by atoms with Crippen LogP contribution < -0.4 is 10.6 Å². The molecule has 0 saturated heterocycles. The molecule has 1 unspecified atom stereocenters. The lowest BCUT2D eigenvalue weighted by Gasteiger charge is -2.21. The van der Waals surface area contributed by atoms with Crippen molar-refractivity contribution >= 4 is 44.4 Å². The van der Waals surface area contributed by atoms with Gasteiger partial charge in [-0.25, -0.2) is 13.4 Å². The van der Waals surface area contributed by atoms with Crippen LogP contribution in [0.2, 0.25) is 0 Å². The van der Waals surface area contributed by atoms with Gasteiger partial charge in [0.15, 0.2) is 0 Å². The van der Waals surface area contributed by atoms with E-state index in [4.69, 9.17) is 4.74 Å². The number of hydrogen-bond acceptors (Lipinski definition) is 6. The highest BCUT2D eigenvalue weighted by Crippen LogP contribution is 2.32. The van der Waals surface area contributed by atoms with Crippen LogP contribution in [0.4, 0.5) is 16.2 Å². The Labute approximate surface area is 203 Å². The fraction of sp³-hybridized carbons (Fsp3) is 0.280. The lowest BCUT2D eigenvalue weighted by atomic mass is 10.1. The van der Waals surface area contributed by atoms with Crippen molar-refractivity contribution in [1.29, 1.82) is 0 Å². The molecule has 178 valence electrons. The van der Waals surface area contributed by atoms with E-state index in [1.807, 2.05) is 29.6 Å². The summed E-state index contributed by atoms with van der Waals surface area (Å²) in [4.78, 5) is 27.1. The van der Waals surface area contributed by atoms with Crippen LogP contribution in [-0.4, -0.2) is 34.1 Å². The zero-order chi connectivity index (χ0) is 24.3. The van der Waals surface area contributed by atoms with Crippen LogP contribution in [-0.2, 0) is 14.5 Å². The Morgan fingerprint density at radius 3 is 2.41 bits per heavy atom. The molecule has 0 bridgehead atoms. The van der Waals surface area contributed by atoms with Crippen molar-refractivity contribution < 1.29 is 18.5 Å². The van der Waals surface area contributed by atoms with Gasteiger partial charge in [-0.05, 0) is 80.6 Å². The Morgan fingerprint density at radius 1 is 1.03 bits per heavy atom. The van der Waals surface area contributed by atoms with Crippen molar-refractivity contribution in [3.8, 4) is 10.4 Å². The van der Waals surface area contributed by atoms with E-state index in [9.17, 15) is 13.8 Å². The SMILES string of the molecule is CC(C)(C)OC(=O)Nc1ccc(-c2cccs2)cc1NC(=O)c1ccc(S2(=O)=NCCC2)cc1. The van der Waals surface area contributed by atoms with E-state index in [1.165, 1.54) is 0 Å². The minimum atomic E-state index is -2.37. The number of thiophene rings is 1. The Balaban J connectivity index is 1.59. The highest BCUT2D eigenvalue weighted by atomic mass is 32.2. The highest BCUT2D eigenvalue weighted by molar-refractivity contribution is 7.93. The highest BCUT2D eigenvalue weighted by Gasteiger charge is 2.20. The summed E-state index contributed by atoms with van der Waals surface area (Å²) in [5.41, 5.74) is 1.54. The lowest BCUT2D eigenvalue weighted by molar-refractivity contribution is 0.0635. The average molecular weight is 498 g/mol. The van der Waals surface area contributed by atoms with Crippen LogP contribution in [0.15, 0.2) is 69.2 Å². The summed E-state index contributed by atoms with van der Waals surface area (Å²) in [5, 5.41) is 7.60. The van der Waals surface area contributed by atoms with E-state index in [-0.39, 0.29) is 5.91 Å². The maximum atomic E-state index is 13.0. The summed E-state index contributed by atoms with van der Waals surface area (Å²) >= 11 is 1.58. The quantitative estimate of drug-likeness (QED) is 0.436. The lowest BCUT2D eigenvalue weighted by Crippen LogP contribution is -2.27. The first-order valence-corrected chi connectivity index (χ1v) is 13.5. The molecule has 0 fully saturated rings. The fourth-order valence-corrected chi connectivity index (χ4v) is 6.25. The molecule has 9 heteroatoms. The molecule has 2 amide bonds. The number of nitrogens with one attached hydrogen (secondary N) is 2. The van der Waals surface area contributed by atoms with Crippen LogP contribution in [0.5, 0.6) is 0 Å². The molecule has 4 rings (SSSR count). The predicted molar refractivity (Wildman–Crippen MR) is 137 cm³/mol. The number of nitrogens with zero attached hydrogens (tertiary/aromatic N) is 1. The van der Waals surface area contributed by atoms with E-state index in [0.29, 0.717) is 34.1 Å². The van der Waals surface area contributed by atoms with Gasteiger partial charge < -0.3 is 10.1 Å². The third kappa shape index (κ3) is 5.66. The van der Waals surface area contributed by atoms with Gasteiger partial charge >= 0.3 is 6.09 Å². The molecule has 3 aromatic rings. The number of benzene rings is 2. The average Bonchev–Trinajstić information content (AvgIpc) is 3.46. The van der Waals surface area contributed by atoms with E-state index in [2.05, 4.69) is 15.0 Å². The molecule has 34 heavy (non-hydrogen) atoms. The van der Waals surface area contributed by atoms with Crippen molar-refractivity contribution in [3.63, 3.8) is 0 Å². The second-order valence-corrected chi connectivity index (χ2v) is 12.3. The smallest absolute Gasteiger partial charge is 0.412 e. The molecule has 0 saturated carbocycles. The summed E-state index contributed by atoms with van der Waals surface area (Å²) in [6, 6.07) is 16.1. The Hall–Kier alpha value is -3.17. The molecule has 1 atom stereocenters. The molecule has 7 nitrogen and oxygen atoms in total. The molecule has 2 N–H and O–H groups in total. The van der Waals surface area contributed by atoms with Gasteiger partial charge in [0.05, 0.1) is 21.1 Å². The monoisotopic (exact) mass is 497 g/mol. The Morgan fingerprint density at radius 2 is 1.79 bits per heavy atom. The molecule has 0 spiro atoms. The second-order valence-electron chi connectivity index (χ2n) is 8.89. The van der Waals surface area contributed by atoms with Gasteiger partial charge in [0.1, 0.15) is 5.60 Å². The first-order chi connectivity index (χ1) is 16.1. The van der Waals surface area contributed by atoms with Gasteiger partial charge in [-0.1, -0.05) is 12.1 Å². The molecule has 1 aliphatic heterocycles. The van der Waals surface area contributed by atoms with Crippen LogP contribution in [0, 0.1) is 0 Å². The minimum Gasteiger partial charge on any atom is -0.444 e. The topological polar surface area (TPSA) is 96.9 Å². The number of amides is 2. The summed E-state index contributed by atoms with van der Waals surface area (Å²) in [6.07, 6.45) is 0.204. The maximum Gasteiger partial charge on any atom is 0.412 e. The zero-order valence-corrected chi connectivity index (χ0v) is 20.9. The van der Waals surface area contributed by atoms with Crippen LogP contribution in [0.3, 0.4) is 0 Å². The van der Waals surface area contributed by atoms with E-state index in [0.717, 1.165) is 16.9 Å². The number of rotatable bonds is 5. The zero-order valence-electron chi connectivity index (χ0n) is 19.3. The second kappa shape index (κ2) is 9.60. The standard InChI is InChI=1S/C25H27N3O4S2/c1-25(2,3)32-24(30)28-20-12-9-18(22-6-4-14-33-22)16-21(20)27-23(29)17-7-10-19(11-8-17)34(31)15-5-13-26-34/h4,6-12,14,16H,5,13,15H2,1-3H3,(H,27,29)(H,28,30). The van der Waals surface area contributed by atoms with Crippen LogP contribution in [0.25, 0.3) is 10.4 Å². The largest absolute Gasteiger partial charge is 0.444 e. The summed E-state index contributed by atoms with van der Waals surface area (Å²) in [6.45, 7) is 5.96. The third-order valence-corrected chi connectivity index (χ3v) is 8.44. The summed E-state index contributed by atoms with van der Waals surface area (Å²) in [5.74, 6) is 0.203. The summed E-state index contributed by atoms with van der Waals surface area (Å²) < 4.78 is 22.5. The fourth-order valence-electron chi connectivity index (χ4n) is 3.51. The maximum absolute atomic E-state index is 13.0. The number of carbonyl (C=O) groups excluding carboxylic acids is 2. The molecule has 2 aromatic carbocycles. The molecule has 1 aliphatic rings. The molecule has 2 heterocycles. The van der Waals surface area contributed by atoms with Gasteiger partial charge in [0, 0.05) is 27.6 Å². The first kappa shape index (κ1) is 24.0. The van der Waals surface area contributed by atoms with E-state index in [1.54, 1.807) is 62.4 Å². The van der Waals surface area contributed by atoms with Gasteiger partial charge in [-0.2, -0.15) is 0 Å².